The van der Waals surface area contributed by atoms with Gasteiger partial charge in [-0.3, -0.25) is 9.89 Å². The summed E-state index contributed by atoms with van der Waals surface area (Å²) in [4.78, 5) is 12.3. The summed E-state index contributed by atoms with van der Waals surface area (Å²) < 4.78 is 18.3. The normalized spacial score (nSPS) is 16.8. The minimum Gasteiger partial charge on any atom is -0.389 e. The number of hydrogen-bond acceptors (Lipinski definition) is 4. The molecule has 0 saturated carbocycles. The number of aromatic amines is 1. The van der Waals surface area contributed by atoms with E-state index >= 15 is 0 Å². The van der Waals surface area contributed by atoms with E-state index in [0.29, 0.717) is 37.4 Å². The van der Waals surface area contributed by atoms with Crippen LogP contribution in [-0.4, -0.2) is 40.0 Å². The van der Waals surface area contributed by atoms with Crippen molar-refractivity contribution < 1.29 is 19.0 Å². The molecule has 1 aliphatic rings. The van der Waals surface area contributed by atoms with E-state index in [1.165, 1.54) is 12.1 Å². The van der Waals surface area contributed by atoms with E-state index in [-0.39, 0.29) is 18.1 Å². The third-order valence-corrected chi connectivity index (χ3v) is 4.25. The Kier molecular flexibility index (Phi) is 4.64. The van der Waals surface area contributed by atoms with Crippen LogP contribution in [0.4, 0.5) is 10.2 Å². The number of amides is 1. The van der Waals surface area contributed by atoms with Gasteiger partial charge in [0.15, 0.2) is 5.82 Å². The minimum absolute atomic E-state index is 0.00880. The summed E-state index contributed by atoms with van der Waals surface area (Å²) in [6, 6.07) is 5.99. The second-order valence-corrected chi connectivity index (χ2v) is 6.14. The third-order valence-electron chi connectivity index (χ3n) is 4.25. The smallest absolute Gasteiger partial charge is 0.228 e. The highest BCUT2D eigenvalue weighted by atomic mass is 19.1. The van der Waals surface area contributed by atoms with E-state index in [1.54, 1.807) is 12.1 Å². The van der Waals surface area contributed by atoms with Gasteiger partial charge in [-0.2, -0.15) is 5.10 Å². The van der Waals surface area contributed by atoms with Gasteiger partial charge in [0.25, 0.3) is 0 Å². The topological polar surface area (TPSA) is 87.2 Å². The number of H-pyrrole nitrogens is 1. The molecule has 1 aliphatic heterocycles. The van der Waals surface area contributed by atoms with Crippen LogP contribution in [0.25, 0.3) is 11.1 Å². The predicted molar refractivity (Wildman–Crippen MR) is 87.0 cm³/mol. The lowest BCUT2D eigenvalue weighted by Gasteiger charge is -2.31. The number of anilines is 1. The SMILES string of the molecule is Cc1[nH]nc(NC(=O)CC2(O)CCOCC2)c1-c1ccc(F)cc1. The van der Waals surface area contributed by atoms with Crippen molar-refractivity contribution in [1.82, 2.24) is 10.2 Å². The molecule has 1 fully saturated rings. The molecule has 24 heavy (non-hydrogen) atoms. The molecule has 0 spiro atoms. The van der Waals surface area contributed by atoms with E-state index in [4.69, 9.17) is 4.74 Å². The highest BCUT2D eigenvalue weighted by molar-refractivity contribution is 5.95. The zero-order valence-electron chi connectivity index (χ0n) is 13.4. The first-order chi connectivity index (χ1) is 11.5. The second-order valence-electron chi connectivity index (χ2n) is 6.14. The molecule has 1 aromatic carbocycles. The fourth-order valence-electron chi connectivity index (χ4n) is 2.89. The fourth-order valence-corrected chi connectivity index (χ4v) is 2.89. The van der Waals surface area contributed by atoms with E-state index in [9.17, 15) is 14.3 Å². The third kappa shape index (κ3) is 3.63. The molecule has 3 N–H and O–H groups in total. The highest BCUT2D eigenvalue weighted by Crippen LogP contribution is 2.30. The number of ether oxygens (including phenoxy) is 1. The van der Waals surface area contributed by atoms with Crippen LogP contribution in [0.3, 0.4) is 0 Å². The summed E-state index contributed by atoms with van der Waals surface area (Å²) >= 11 is 0. The number of carbonyl (C=O) groups is 1. The molecule has 2 aromatic rings. The lowest BCUT2D eigenvalue weighted by Crippen LogP contribution is -2.39. The molecule has 2 heterocycles. The first-order valence-electron chi connectivity index (χ1n) is 7.88. The Hall–Kier alpha value is -2.25. The zero-order valence-corrected chi connectivity index (χ0v) is 13.4. The van der Waals surface area contributed by atoms with Gasteiger partial charge in [-0.1, -0.05) is 12.1 Å². The van der Waals surface area contributed by atoms with Gasteiger partial charge >= 0.3 is 0 Å². The maximum Gasteiger partial charge on any atom is 0.228 e. The van der Waals surface area contributed by atoms with Crippen molar-refractivity contribution >= 4 is 11.7 Å². The Morgan fingerprint density at radius 1 is 1.38 bits per heavy atom. The van der Waals surface area contributed by atoms with Crippen molar-refractivity contribution in [3.8, 4) is 11.1 Å². The van der Waals surface area contributed by atoms with Crippen molar-refractivity contribution in [3.63, 3.8) is 0 Å². The molecule has 0 atom stereocenters. The lowest BCUT2D eigenvalue weighted by molar-refractivity contribution is -0.126. The average Bonchev–Trinajstić information content (AvgIpc) is 2.89. The number of aliphatic hydroxyl groups is 1. The van der Waals surface area contributed by atoms with Crippen molar-refractivity contribution in [2.24, 2.45) is 0 Å². The molecule has 1 saturated heterocycles. The van der Waals surface area contributed by atoms with Crippen molar-refractivity contribution in [2.45, 2.75) is 31.8 Å². The standard InChI is InChI=1S/C17H20FN3O3/c1-11-15(12-2-4-13(18)5-3-12)16(21-20-11)19-14(22)10-17(23)6-8-24-9-7-17/h2-5,23H,6-10H2,1H3,(H2,19,20,21,22). The number of nitrogens with zero attached hydrogens (tertiary/aromatic N) is 1. The number of rotatable bonds is 4. The van der Waals surface area contributed by atoms with E-state index < -0.39 is 5.60 Å². The average molecular weight is 333 g/mol. The summed E-state index contributed by atoms with van der Waals surface area (Å²) in [6.07, 6.45) is 0.862. The molecule has 128 valence electrons. The summed E-state index contributed by atoms with van der Waals surface area (Å²) in [5, 5.41) is 20.1. The summed E-state index contributed by atoms with van der Waals surface area (Å²) in [7, 11) is 0. The van der Waals surface area contributed by atoms with Crippen molar-refractivity contribution in [2.75, 3.05) is 18.5 Å². The number of aryl methyl sites for hydroxylation is 1. The van der Waals surface area contributed by atoms with E-state index in [0.717, 1.165) is 11.3 Å². The molecule has 0 bridgehead atoms. The first-order valence-corrected chi connectivity index (χ1v) is 7.88. The van der Waals surface area contributed by atoms with Crippen LogP contribution in [0.1, 0.15) is 25.0 Å². The van der Waals surface area contributed by atoms with Crippen LogP contribution >= 0.6 is 0 Å². The lowest BCUT2D eigenvalue weighted by atomic mass is 9.90. The van der Waals surface area contributed by atoms with Gasteiger partial charge < -0.3 is 15.2 Å². The number of aromatic nitrogens is 2. The number of carbonyl (C=O) groups excluding carboxylic acids is 1. The Morgan fingerprint density at radius 2 is 2.04 bits per heavy atom. The molecule has 1 amide bonds. The molecule has 0 radical (unpaired) electrons. The molecule has 6 nitrogen and oxygen atoms in total. The van der Waals surface area contributed by atoms with E-state index in [1.807, 2.05) is 6.92 Å². The summed E-state index contributed by atoms with van der Waals surface area (Å²) in [5.74, 6) is -0.263. The van der Waals surface area contributed by atoms with Gasteiger partial charge in [-0.25, -0.2) is 4.39 Å². The number of halogens is 1. The second kappa shape index (κ2) is 6.70. The molecule has 1 aromatic heterocycles. The maximum atomic E-state index is 13.1. The molecular formula is C17H20FN3O3. The summed E-state index contributed by atoms with van der Waals surface area (Å²) in [6.45, 7) is 2.73. The van der Waals surface area contributed by atoms with Crippen LogP contribution in [-0.2, 0) is 9.53 Å². The number of benzene rings is 1. The van der Waals surface area contributed by atoms with E-state index in [2.05, 4.69) is 15.5 Å². The number of hydrogen-bond donors (Lipinski definition) is 3. The van der Waals surface area contributed by atoms with Gasteiger partial charge in [0, 0.05) is 37.3 Å². The maximum absolute atomic E-state index is 13.1. The fraction of sp³-hybridized carbons (Fsp3) is 0.412. The van der Waals surface area contributed by atoms with Crippen LogP contribution < -0.4 is 5.32 Å². The zero-order chi connectivity index (χ0) is 17.2. The minimum atomic E-state index is -1.04. The van der Waals surface area contributed by atoms with Gasteiger partial charge in [-0.05, 0) is 24.6 Å². The van der Waals surface area contributed by atoms with Gasteiger partial charge in [0.1, 0.15) is 5.82 Å². The van der Waals surface area contributed by atoms with Gasteiger partial charge in [0.2, 0.25) is 5.91 Å². The van der Waals surface area contributed by atoms with Crippen LogP contribution in [0.2, 0.25) is 0 Å². The Balaban J connectivity index is 1.76. The quantitative estimate of drug-likeness (QED) is 0.802. The Bertz CT molecular complexity index is 721. The molecule has 0 aliphatic carbocycles. The van der Waals surface area contributed by atoms with Gasteiger partial charge in [-0.15, -0.1) is 0 Å². The molecule has 0 unspecified atom stereocenters. The highest BCUT2D eigenvalue weighted by Gasteiger charge is 2.32. The van der Waals surface area contributed by atoms with Gasteiger partial charge in [0.05, 0.1) is 12.0 Å². The first kappa shape index (κ1) is 16.6. The summed E-state index contributed by atoms with van der Waals surface area (Å²) in [5.41, 5.74) is 1.19. The predicted octanol–water partition coefficient (Wildman–Crippen LogP) is 2.39. The Labute approximate surface area is 139 Å². The Morgan fingerprint density at radius 3 is 2.71 bits per heavy atom. The number of nitrogens with one attached hydrogen (secondary N) is 2. The van der Waals surface area contributed by atoms with Crippen molar-refractivity contribution in [3.05, 3.63) is 35.8 Å². The molecule has 3 rings (SSSR count). The molecular weight excluding hydrogens is 313 g/mol. The monoisotopic (exact) mass is 333 g/mol. The largest absolute Gasteiger partial charge is 0.389 e. The molecule has 7 heteroatoms. The van der Waals surface area contributed by atoms with Crippen LogP contribution in [0, 0.1) is 12.7 Å². The van der Waals surface area contributed by atoms with Crippen LogP contribution in [0.5, 0.6) is 0 Å². The van der Waals surface area contributed by atoms with Crippen LogP contribution in [0.15, 0.2) is 24.3 Å². The van der Waals surface area contributed by atoms with Crippen molar-refractivity contribution in [1.29, 1.82) is 0 Å².